The number of fused-ring (bicyclic) bond motifs is 1. The van der Waals surface area contributed by atoms with Gasteiger partial charge >= 0.3 is 0 Å². The van der Waals surface area contributed by atoms with Crippen molar-refractivity contribution < 1.29 is 10.0 Å². The van der Waals surface area contributed by atoms with Crippen LogP contribution in [-0.2, 0) is 11.2 Å². The molecule has 7 heteroatoms. The van der Waals surface area contributed by atoms with E-state index < -0.39 is 5.91 Å². The van der Waals surface area contributed by atoms with Crippen molar-refractivity contribution in [2.75, 3.05) is 0 Å². The fraction of sp³-hybridized carbons (Fsp3) is 0.400. The maximum atomic E-state index is 11.0. The summed E-state index contributed by atoms with van der Waals surface area (Å²) in [5.74, 6) is 0.137. The normalized spacial score (nSPS) is 10.8. The molecule has 90 valence electrons. The van der Waals surface area contributed by atoms with Gasteiger partial charge in [0, 0.05) is 17.8 Å². The lowest BCUT2D eigenvalue weighted by molar-refractivity contribution is -0.129. The molecule has 0 radical (unpaired) electrons. The first-order chi connectivity index (χ1) is 8.13. The summed E-state index contributed by atoms with van der Waals surface area (Å²) in [6.45, 7) is 3.77. The highest BCUT2D eigenvalue weighted by molar-refractivity contribution is 5.74. The van der Waals surface area contributed by atoms with Crippen LogP contribution in [0.2, 0.25) is 0 Å². The Hall–Kier alpha value is -2.02. The number of amides is 1. The summed E-state index contributed by atoms with van der Waals surface area (Å²) in [5, 5.41) is 12.5. The average Bonchev–Trinajstić information content (AvgIpc) is 2.76. The van der Waals surface area contributed by atoms with Crippen molar-refractivity contribution in [1.29, 1.82) is 0 Å². The van der Waals surface area contributed by atoms with Crippen LogP contribution in [0.1, 0.15) is 23.4 Å². The Labute approximate surface area is 97.5 Å². The Morgan fingerprint density at radius 2 is 2.29 bits per heavy atom. The number of rotatable bonds is 3. The highest BCUT2D eigenvalue weighted by Crippen LogP contribution is 2.14. The molecule has 2 N–H and O–H groups in total. The lowest BCUT2D eigenvalue weighted by Gasteiger charge is -2.09. The second-order valence-electron chi connectivity index (χ2n) is 3.77. The van der Waals surface area contributed by atoms with Crippen LogP contribution in [-0.4, -0.2) is 30.7 Å². The van der Waals surface area contributed by atoms with Gasteiger partial charge in [0.15, 0.2) is 0 Å². The van der Waals surface area contributed by atoms with E-state index in [9.17, 15) is 4.79 Å². The molecule has 7 nitrogen and oxygen atoms in total. The van der Waals surface area contributed by atoms with Gasteiger partial charge in [-0.2, -0.15) is 10.1 Å². The molecule has 0 atom stereocenters. The van der Waals surface area contributed by atoms with Crippen molar-refractivity contribution in [1.82, 2.24) is 25.1 Å². The fourth-order valence-electron chi connectivity index (χ4n) is 1.81. The van der Waals surface area contributed by atoms with Crippen LogP contribution in [0, 0.1) is 13.8 Å². The minimum Gasteiger partial charge on any atom is -0.289 e. The molecular weight excluding hydrogens is 222 g/mol. The zero-order valence-electron chi connectivity index (χ0n) is 9.64. The Kier molecular flexibility index (Phi) is 3.01. The quantitative estimate of drug-likeness (QED) is 0.584. The van der Waals surface area contributed by atoms with Gasteiger partial charge in [0.1, 0.15) is 6.33 Å². The van der Waals surface area contributed by atoms with Crippen molar-refractivity contribution in [3.8, 4) is 0 Å². The molecule has 1 amide bonds. The summed E-state index contributed by atoms with van der Waals surface area (Å²) in [6.07, 6.45) is 2.16. The zero-order valence-corrected chi connectivity index (χ0v) is 9.64. The van der Waals surface area contributed by atoms with Crippen LogP contribution in [0.4, 0.5) is 0 Å². The van der Waals surface area contributed by atoms with Crippen LogP contribution in [0.25, 0.3) is 5.78 Å². The summed E-state index contributed by atoms with van der Waals surface area (Å²) < 4.78 is 1.64. The van der Waals surface area contributed by atoms with Gasteiger partial charge in [-0.3, -0.25) is 10.0 Å². The standard InChI is InChI=1S/C10H13N5O2/c1-6-8(3-4-9(16)14-17)7(2)15-10(13-6)11-5-12-15/h5,17H,3-4H2,1-2H3,(H,14,16). The Balaban J connectivity index is 2.35. The van der Waals surface area contributed by atoms with Crippen LogP contribution in [0.3, 0.4) is 0 Å². The van der Waals surface area contributed by atoms with Gasteiger partial charge in [-0.25, -0.2) is 15.0 Å². The molecule has 0 bridgehead atoms. The number of carbonyl (C=O) groups is 1. The summed E-state index contributed by atoms with van der Waals surface area (Å²) in [6, 6.07) is 0. The van der Waals surface area contributed by atoms with Gasteiger partial charge in [0.2, 0.25) is 5.91 Å². The lowest BCUT2D eigenvalue weighted by atomic mass is 10.1. The number of carbonyl (C=O) groups excluding carboxylic acids is 1. The van der Waals surface area contributed by atoms with Crippen LogP contribution in [0.5, 0.6) is 0 Å². The molecule has 0 unspecified atom stereocenters. The van der Waals surface area contributed by atoms with Gasteiger partial charge in [0.05, 0.1) is 0 Å². The SMILES string of the molecule is Cc1nc2ncnn2c(C)c1CCC(=O)NO. The fourth-order valence-corrected chi connectivity index (χ4v) is 1.81. The van der Waals surface area contributed by atoms with Crippen molar-refractivity contribution in [2.24, 2.45) is 0 Å². The molecule has 0 fully saturated rings. The molecular formula is C10H13N5O2. The molecule has 0 aliphatic rings. The van der Waals surface area contributed by atoms with Crippen LogP contribution in [0.15, 0.2) is 6.33 Å². The highest BCUT2D eigenvalue weighted by Gasteiger charge is 2.11. The minimum absolute atomic E-state index is 0.208. The number of nitrogens with one attached hydrogen (secondary N) is 1. The van der Waals surface area contributed by atoms with E-state index in [1.165, 1.54) is 6.33 Å². The van der Waals surface area contributed by atoms with E-state index in [1.54, 1.807) is 10.00 Å². The van der Waals surface area contributed by atoms with Crippen molar-refractivity contribution in [2.45, 2.75) is 26.7 Å². The number of hydrogen-bond acceptors (Lipinski definition) is 5. The van der Waals surface area contributed by atoms with E-state index >= 15 is 0 Å². The van der Waals surface area contributed by atoms with Gasteiger partial charge in [-0.15, -0.1) is 0 Å². The number of aryl methyl sites for hydroxylation is 2. The largest absolute Gasteiger partial charge is 0.289 e. The molecule has 17 heavy (non-hydrogen) atoms. The molecule has 0 spiro atoms. The van der Waals surface area contributed by atoms with Crippen molar-refractivity contribution in [3.05, 3.63) is 23.3 Å². The first kappa shape index (κ1) is 11.5. The maximum absolute atomic E-state index is 11.0. The van der Waals surface area contributed by atoms with E-state index in [0.717, 1.165) is 17.0 Å². The minimum atomic E-state index is -0.414. The van der Waals surface area contributed by atoms with Crippen LogP contribution >= 0.6 is 0 Å². The smallest absolute Gasteiger partial charge is 0.252 e. The first-order valence-electron chi connectivity index (χ1n) is 5.22. The number of aromatic nitrogens is 4. The third-order valence-corrected chi connectivity index (χ3v) is 2.72. The second kappa shape index (κ2) is 4.46. The molecule has 2 rings (SSSR count). The summed E-state index contributed by atoms with van der Waals surface area (Å²) >= 11 is 0. The zero-order chi connectivity index (χ0) is 12.4. The van der Waals surface area contributed by atoms with Crippen molar-refractivity contribution >= 4 is 11.7 Å². The predicted molar refractivity (Wildman–Crippen MR) is 58.5 cm³/mol. The summed E-state index contributed by atoms with van der Waals surface area (Å²) in [5.41, 5.74) is 4.30. The Morgan fingerprint density at radius 1 is 1.53 bits per heavy atom. The van der Waals surface area contributed by atoms with Gasteiger partial charge in [-0.1, -0.05) is 0 Å². The number of nitrogens with zero attached hydrogens (tertiary/aromatic N) is 4. The van der Waals surface area contributed by atoms with Gasteiger partial charge in [-0.05, 0) is 25.8 Å². The lowest BCUT2D eigenvalue weighted by Crippen LogP contribution is -2.19. The van der Waals surface area contributed by atoms with Gasteiger partial charge < -0.3 is 0 Å². The molecule has 0 aliphatic heterocycles. The summed E-state index contributed by atoms with van der Waals surface area (Å²) in [4.78, 5) is 19.3. The first-order valence-corrected chi connectivity index (χ1v) is 5.22. The molecule has 0 saturated carbocycles. The highest BCUT2D eigenvalue weighted by atomic mass is 16.5. The van der Waals surface area contributed by atoms with E-state index in [-0.39, 0.29) is 6.42 Å². The monoisotopic (exact) mass is 235 g/mol. The molecule has 2 aromatic rings. The third-order valence-electron chi connectivity index (χ3n) is 2.72. The Morgan fingerprint density at radius 3 is 3.00 bits per heavy atom. The second-order valence-corrected chi connectivity index (χ2v) is 3.77. The van der Waals surface area contributed by atoms with E-state index in [2.05, 4.69) is 15.1 Å². The van der Waals surface area contributed by atoms with Crippen molar-refractivity contribution in [3.63, 3.8) is 0 Å². The maximum Gasteiger partial charge on any atom is 0.252 e. The number of hydrogen-bond donors (Lipinski definition) is 2. The summed E-state index contributed by atoms with van der Waals surface area (Å²) in [7, 11) is 0. The van der Waals surface area contributed by atoms with E-state index in [1.807, 2.05) is 13.8 Å². The molecule has 2 aromatic heterocycles. The van der Waals surface area contributed by atoms with Crippen LogP contribution < -0.4 is 5.48 Å². The molecule has 0 aliphatic carbocycles. The molecule has 0 saturated heterocycles. The number of hydroxylamine groups is 1. The Bertz CT molecular complexity index is 563. The van der Waals surface area contributed by atoms with Gasteiger partial charge in [0.25, 0.3) is 5.78 Å². The van der Waals surface area contributed by atoms with E-state index in [4.69, 9.17) is 5.21 Å². The third kappa shape index (κ3) is 2.09. The molecule has 2 heterocycles. The predicted octanol–water partition coefficient (Wildman–Crippen LogP) is 0.179. The van der Waals surface area contributed by atoms with E-state index in [0.29, 0.717) is 12.2 Å². The average molecular weight is 235 g/mol. The molecule has 0 aromatic carbocycles. The topological polar surface area (TPSA) is 92.4 Å².